The van der Waals surface area contributed by atoms with Crippen LogP contribution in [0.15, 0.2) is 18.2 Å². The summed E-state index contributed by atoms with van der Waals surface area (Å²) in [6, 6.07) is 5.24. The first kappa shape index (κ1) is 14.4. The molecule has 20 heavy (non-hydrogen) atoms. The molecule has 1 aliphatic rings. The molecule has 3 N–H and O–H groups in total. The summed E-state index contributed by atoms with van der Waals surface area (Å²) in [4.78, 5) is 25.5. The Bertz CT molecular complexity index is 556. The molecule has 0 bridgehead atoms. The molecule has 1 amide bonds. The van der Waals surface area contributed by atoms with Crippen molar-refractivity contribution in [2.45, 2.75) is 26.7 Å². The number of likely N-dealkylation sites (tertiary alicyclic amines) is 1. The summed E-state index contributed by atoms with van der Waals surface area (Å²) in [6.45, 7) is 4.34. The van der Waals surface area contributed by atoms with Gasteiger partial charge in [-0.05, 0) is 44.4 Å². The summed E-state index contributed by atoms with van der Waals surface area (Å²) in [5.41, 5.74) is 6.85. The maximum absolute atomic E-state index is 12.6. The second-order valence-electron chi connectivity index (χ2n) is 5.72. The van der Waals surface area contributed by atoms with Crippen molar-refractivity contribution in [3.63, 3.8) is 0 Å². The van der Waals surface area contributed by atoms with Gasteiger partial charge in [0.15, 0.2) is 0 Å². The number of rotatable bonds is 2. The lowest BCUT2D eigenvalue weighted by Gasteiger charge is -2.37. The molecular weight excluding hydrogens is 256 g/mol. The van der Waals surface area contributed by atoms with Crippen LogP contribution in [0.5, 0.6) is 0 Å². The van der Waals surface area contributed by atoms with Crippen molar-refractivity contribution < 1.29 is 14.7 Å². The number of carboxylic acid groups (broad SMARTS) is 1. The molecule has 1 aliphatic heterocycles. The SMILES string of the molecule is Cc1c(N)cccc1C(=O)N1CCCC(C)(C(=O)O)C1. The Morgan fingerprint density at radius 2 is 2.10 bits per heavy atom. The Balaban J connectivity index is 2.25. The van der Waals surface area contributed by atoms with Gasteiger partial charge in [0, 0.05) is 24.3 Å². The highest BCUT2D eigenvalue weighted by Crippen LogP contribution is 2.31. The minimum Gasteiger partial charge on any atom is -0.481 e. The summed E-state index contributed by atoms with van der Waals surface area (Å²) >= 11 is 0. The number of benzene rings is 1. The van der Waals surface area contributed by atoms with Crippen LogP contribution in [0.3, 0.4) is 0 Å². The lowest BCUT2D eigenvalue weighted by atomic mass is 9.82. The fourth-order valence-corrected chi connectivity index (χ4v) is 2.64. The van der Waals surface area contributed by atoms with Gasteiger partial charge in [0.2, 0.25) is 0 Å². The zero-order valence-electron chi connectivity index (χ0n) is 11.8. The van der Waals surface area contributed by atoms with Crippen LogP contribution in [0, 0.1) is 12.3 Å². The van der Waals surface area contributed by atoms with Crippen molar-refractivity contribution in [2.24, 2.45) is 5.41 Å². The van der Waals surface area contributed by atoms with Gasteiger partial charge in [-0.1, -0.05) is 6.07 Å². The van der Waals surface area contributed by atoms with Crippen molar-refractivity contribution in [3.8, 4) is 0 Å². The summed E-state index contributed by atoms with van der Waals surface area (Å²) in [5.74, 6) is -0.985. The molecule has 108 valence electrons. The van der Waals surface area contributed by atoms with Gasteiger partial charge in [0.25, 0.3) is 5.91 Å². The number of nitrogen functional groups attached to an aromatic ring is 1. The highest BCUT2D eigenvalue weighted by Gasteiger charge is 2.39. The number of aliphatic carboxylic acids is 1. The lowest BCUT2D eigenvalue weighted by Crippen LogP contribution is -2.48. The van der Waals surface area contributed by atoms with E-state index in [0.717, 1.165) is 5.56 Å². The molecule has 1 atom stereocenters. The molecule has 0 saturated carbocycles. The fourth-order valence-electron chi connectivity index (χ4n) is 2.64. The lowest BCUT2D eigenvalue weighted by molar-refractivity contribution is -0.150. The van der Waals surface area contributed by atoms with E-state index in [4.69, 9.17) is 5.73 Å². The molecule has 0 aromatic heterocycles. The van der Waals surface area contributed by atoms with E-state index in [0.29, 0.717) is 30.6 Å². The van der Waals surface area contributed by atoms with E-state index in [9.17, 15) is 14.7 Å². The number of hydrogen-bond acceptors (Lipinski definition) is 3. The predicted molar refractivity (Wildman–Crippen MR) is 76.5 cm³/mol. The van der Waals surface area contributed by atoms with Crippen molar-refractivity contribution >= 4 is 17.6 Å². The second kappa shape index (κ2) is 5.15. The maximum atomic E-state index is 12.6. The van der Waals surface area contributed by atoms with Gasteiger partial charge in [-0.25, -0.2) is 0 Å². The molecule has 2 rings (SSSR count). The normalized spacial score (nSPS) is 22.6. The largest absolute Gasteiger partial charge is 0.481 e. The molecule has 5 nitrogen and oxygen atoms in total. The molecule has 1 saturated heterocycles. The van der Waals surface area contributed by atoms with E-state index >= 15 is 0 Å². The first-order valence-electron chi connectivity index (χ1n) is 6.73. The van der Waals surface area contributed by atoms with Crippen LogP contribution in [0.4, 0.5) is 5.69 Å². The van der Waals surface area contributed by atoms with Crippen molar-refractivity contribution in [2.75, 3.05) is 18.8 Å². The first-order chi connectivity index (χ1) is 9.35. The molecular formula is C15H20N2O3. The summed E-state index contributed by atoms with van der Waals surface area (Å²) in [7, 11) is 0. The minimum atomic E-state index is -0.859. The van der Waals surface area contributed by atoms with Crippen LogP contribution in [0.25, 0.3) is 0 Å². The third kappa shape index (κ3) is 2.48. The summed E-state index contributed by atoms with van der Waals surface area (Å²) in [6.07, 6.45) is 1.30. The number of anilines is 1. The Morgan fingerprint density at radius 3 is 2.75 bits per heavy atom. The van der Waals surface area contributed by atoms with E-state index in [-0.39, 0.29) is 12.5 Å². The van der Waals surface area contributed by atoms with Crippen LogP contribution < -0.4 is 5.73 Å². The number of carbonyl (C=O) groups is 2. The molecule has 1 fully saturated rings. The number of hydrogen-bond donors (Lipinski definition) is 2. The van der Waals surface area contributed by atoms with Crippen molar-refractivity contribution in [3.05, 3.63) is 29.3 Å². The van der Waals surface area contributed by atoms with Gasteiger partial charge in [-0.3, -0.25) is 9.59 Å². The molecule has 0 radical (unpaired) electrons. The van der Waals surface area contributed by atoms with Crippen molar-refractivity contribution in [1.29, 1.82) is 0 Å². The quantitative estimate of drug-likeness (QED) is 0.808. The topological polar surface area (TPSA) is 83.6 Å². The van der Waals surface area contributed by atoms with Crippen LogP contribution in [-0.2, 0) is 4.79 Å². The highest BCUT2D eigenvalue weighted by atomic mass is 16.4. The summed E-state index contributed by atoms with van der Waals surface area (Å²) in [5, 5.41) is 9.31. The molecule has 1 aromatic rings. The molecule has 1 aromatic carbocycles. The molecule has 0 spiro atoms. The zero-order valence-corrected chi connectivity index (χ0v) is 11.8. The number of amides is 1. The molecule has 5 heteroatoms. The van der Waals surface area contributed by atoms with Gasteiger partial charge in [0.05, 0.1) is 5.41 Å². The maximum Gasteiger partial charge on any atom is 0.311 e. The highest BCUT2D eigenvalue weighted by molar-refractivity contribution is 5.97. The predicted octanol–water partition coefficient (Wildman–Crippen LogP) is 1.90. The standard InChI is InChI=1S/C15H20N2O3/c1-10-11(5-3-6-12(10)16)13(18)17-8-4-7-15(2,9-17)14(19)20/h3,5-6H,4,7-9,16H2,1-2H3,(H,19,20). The van der Waals surface area contributed by atoms with Crippen LogP contribution >= 0.6 is 0 Å². The zero-order chi connectivity index (χ0) is 14.9. The van der Waals surface area contributed by atoms with E-state index in [1.54, 1.807) is 30.0 Å². The first-order valence-corrected chi connectivity index (χ1v) is 6.73. The number of piperidine rings is 1. The third-order valence-electron chi connectivity index (χ3n) is 4.11. The Morgan fingerprint density at radius 1 is 1.40 bits per heavy atom. The van der Waals surface area contributed by atoms with Gasteiger partial charge in [0.1, 0.15) is 0 Å². The van der Waals surface area contributed by atoms with Crippen LogP contribution in [-0.4, -0.2) is 35.0 Å². The van der Waals surface area contributed by atoms with Gasteiger partial charge >= 0.3 is 5.97 Å². The monoisotopic (exact) mass is 276 g/mol. The van der Waals surface area contributed by atoms with E-state index in [1.807, 2.05) is 6.92 Å². The van der Waals surface area contributed by atoms with Gasteiger partial charge < -0.3 is 15.7 Å². The number of carboxylic acids is 1. The Labute approximate surface area is 118 Å². The van der Waals surface area contributed by atoms with Crippen LogP contribution in [0.2, 0.25) is 0 Å². The molecule has 0 aliphatic carbocycles. The second-order valence-corrected chi connectivity index (χ2v) is 5.72. The molecule has 1 unspecified atom stereocenters. The summed E-state index contributed by atoms with van der Waals surface area (Å²) < 4.78 is 0. The van der Waals surface area contributed by atoms with E-state index in [1.165, 1.54) is 0 Å². The average molecular weight is 276 g/mol. The van der Waals surface area contributed by atoms with E-state index in [2.05, 4.69) is 0 Å². The molecule has 1 heterocycles. The van der Waals surface area contributed by atoms with Gasteiger partial charge in [-0.15, -0.1) is 0 Å². The van der Waals surface area contributed by atoms with Crippen LogP contribution in [0.1, 0.15) is 35.7 Å². The average Bonchev–Trinajstić information content (AvgIpc) is 2.41. The Hall–Kier alpha value is -2.04. The van der Waals surface area contributed by atoms with E-state index < -0.39 is 11.4 Å². The fraction of sp³-hybridized carbons (Fsp3) is 0.467. The van der Waals surface area contributed by atoms with Crippen molar-refractivity contribution in [1.82, 2.24) is 4.90 Å². The smallest absolute Gasteiger partial charge is 0.311 e. The van der Waals surface area contributed by atoms with Gasteiger partial charge in [-0.2, -0.15) is 0 Å². The number of nitrogens with zero attached hydrogens (tertiary/aromatic N) is 1. The number of nitrogens with two attached hydrogens (primary N) is 1. The minimum absolute atomic E-state index is 0.137. The number of carbonyl (C=O) groups excluding carboxylic acids is 1. The third-order valence-corrected chi connectivity index (χ3v) is 4.11. The Kier molecular flexibility index (Phi) is 3.70.